The predicted molar refractivity (Wildman–Crippen MR) is 52.5 cm³/mol. The van der Waals surface area contributed by atoms with E-state index in [1.807, 2.05) is 43.3 Å². The number of benzene rings is 1. The Labute approximate surface area is 74.0 Å². The average molecular weight is 162 g/mol. The molecular formula is C11H14O. The molecule has 0 aliphatic carbocycles. The Balaban J connectivity index is 0.000000202. The van der Waals surface area contributed by atoms with Gasteiger partial charge in [-0.05, 0) is 6.92 Å². The van der Waals surface area contributed by atoms with Gasteiger partial charge >= 0.3 is 0 Å². The van der Waals surface area contributed by atoms with Gasteiger partial charge in [-0.25, -0.2) is 0 Å². The lowest BCUT2D eigenvalue weighted by Crippen LogP contribution is -1.56. The summed E-state index contributed by atoms with van der Waals surface area (Å²) in [6.07, 6.45) is 4.73. The Morgan fingerprint density at radius 1 is 1.00 bits per heavy atom. The van der Waals surface area contributed by atoms with Gasteiger partial charge in [0.1, 0.15) is 0 Å². The lowest BCUT2D eigenvalue weighted by atomic mass is 10.4. The molecule has 0 radical (unpaired) electrons. The fraction of sp³-hybridized carbons (Fsp3) is 0.0909. The molecule has 0 atom stereocenters. The summed E-state index contributed by atoms with van der Waals surface area (Å²) in [7, 11) is 0. The number of ether oxygens (including phenoxy) is 1. The Hall–Kier alpha value is -1.50. The molecule has 1 aromatic carbocycles. The zero-order valence-electron chi connectivity index (χ0n) is 7.31. The van der Waals surface area contributed by atoms with Gasteiger partial charge in [0.05, 0.1) is 12.5 Å². The summed E-state index contributed by atoms with van der Waals surface area (Å²) in [6.45, 7) is 5.20. The van der Waals surface area contributed by atoms with Crippen LogP contribution in [0.5, 0.6) is 0 Å². The van der Waals surface area contributed by atoms with E-state index in [2.05, 4.69) is 11.3 Å². The van der Waals surface area contributed by atoms with Crippen molar-refractivity contribution >= 4 is 0 Å². The van der Waals surface area contributed by atoms with Crippen LogP contribution in [0.15, 0.2) is 61.6 Å². The van der Waals surface area contributed by atoms with E-state index in [1.165, 1.54) is 6.26 Å². The second-order valence-electron chi connectivity index (χ2n) is 1.93. The van der Waals surface area contributed by atoms with Crippen molar-refractivity contribution in [2.24, 2.45) is 0 Å². The molecule has 1 heteroatoms. The summed E-state index contributed by atoms with van der Waals surface area (Å²) in [5.74, 6) is 0. The quantitative estimate of drug-likeness (QED) is 0.606. The van der Waals surface area contributed by atoms with Gasteiger partial charge in [0.15, 0.2) is 0 Å². The second-order valence-corrected chi connectivity index (χ2v) is 1.93. The van der Waals surface area contributed by atoms with Crippen molar-refractivity contribution in [2.45, 2.75) is 6.92 Å². The normalized spacial score (nSPS) is 8.42. The van der Waals surface area contributed by atoms with Gasteiger partial charge in [0.2, 0.25) is 0 Å². The molecule has 0 aliphatic heterocycles. The Bertz CT molecular complexity index is 175. The van der Waals surface area contributed by atoms with Gasteiger partial charge in [-0.1, -0.05) is 49.1 Å². The molecule has 1 nitrogen and oxygen atoms in total. The van der Waals surface area contributed by atoms with Gasteiger partial charge in [-0.3, -0.25) is 0 Å². The summed E-state index contributed by atoms with van der Waals surface area (Å²) in [4.78, 5) is 0. The fourth-order valence-electron chi connectivity index (χ4n) is 0.519. The third-order valence-electron chi connectivity index (χ3n) is 0.978. The van der Waals surface area contributed by atoms with Gasteiger partial charge in [-0.15, -0.1) is 0 Å². The molecule has 0 unspecified atom stereocenters. The second kappa shape index (κ2) is 9.50. The molecule has 0 amide bonds. The van der Waals surface area contributed by atoms with Crippen LogP contribution in [0.1, 0.15) is 6.92 Å². The van der Waals surface area contributed by atoms with Crippen LogP contribution in [-0.4, -0.2) is 0 Å². The highest BCUT2D eigenvalue weighted by Gasteiger charge is 1.57. The van der Waals surface area contributed by atoms with E-state index in [1.54, 1.807) is 12.3 Å². The van der Waals surface area contributed by atoms with Crippen LogP contribution in [0.4, 0.5) is 0 Å². The summed E-state index contributed by atoms with van der Waals surface area (Å²) in [5, 5.41) is 0. The minimum Gasteiger partial charge on any atom is -0.474 e. The topological polar surface area (TPSA) is 9.23 Å². The summed E-state index contributed by atoms with van der Waals surface area (Å²) >= 11 is 0. The molecule has 0 N–H and O–H groups in total. The number of rotatable bonds is 2. The molecule has 0 spiro atoms. The highest BCUT2D eigenvalue weighted by Crippen LogP contribution is 1.79. The van der Waals surface area contributed by atoms with Gasteiger partial charge in [0.25, 0.3) is 0 Å². The predicted octanol–water partition coefficient (Wildman–Crippen LogP) is 3.37. The third kappa shape index (κ3) is 8.50. The summed E-state index contributed by atoms with van der Waals surface area (Å²) < 4.78 is 4.57. The van der Waals surface area contributed by atoms with E-state index in [0.29, 0.717) is 0 Å². The maximum absolute atomic E-state index is 4.57. The van der Waals surface area contributed by atoms with E-state index < -0.39 is 0 Å². The standard InChI is InChI=1S/C6H6.C5H8O/c1-2-4-6-5-3-1;1-3-5-6-4-2/h1-6H;3-5H,2H2,1H3/b;5-3-. The largest absolute Gasteiger partial charge is 0.474 e. The van der Waals surface area contributed by atoms with Gasteiger partial charge in [0, 0.05) is 0 Å². The molecule has 64 valence electrons. The number of hydrogen-bond donors (Lipinski definition) is 0. The maximum atomic E-state index is 4.57. The Morgan fingerprint density at radius 3 is 1.58 bits per heavy atom. The first-order chi connectivity index (χ1) is 5.91. The molecule has 1 aromatic rings. The van der Waals surface area contributed by atoms with Crippen molar-refractivity contribution in [3.63, 3.8) is 0 Å². The molecule has 0 bridgehead atoms. The van der Waals surface area contributed by atoms with Crippen molar-refractivity contribution in [3.05, 3.63) is 61.6 Å². The smallest absolute Gasteiger partial charge is 0.0858 e. The lowest BCUT2D eigenvalue weighted by molar-refractivity contribution is 0.404. The molecule has 0 aliphatic rings. The SMILES string of the molecule is C=CO/C=C\C.c1ccccc1. The highest BCUT2D eigenvalue weighted by molar-refractivity contribution is 4.99. The Kier molecular flexibility index (Phi) is 8.31. The van der Waals surface area contributed by atoms with E-state index in [-0.39, 0.29) is 0 Å². The van der Waals surface area contributed by atoms with E-state index in [0.717, 1.165) is 0 Å². The highest BCUT2D eigenvalue weighted by atomic mass is 16.5. The van der Waals surface area contributed by atoms with Crippen molar-refractivity contribution in [1.29, 1.82) is 0 Å². The molecule has 0 saturated heterocycles. The lowest BCUT2D eigenvalue weighted by Gasteiger charge is -1.79. The molecule has 0 saturated carbocycles. The number of allylic oxidation sites excluding steroid dienone is 1. The van der Waals surface area contributed by atoms with E-state index in [9.17, 15) is 0 Å². The van der Waals surface area contributed by atoms with E-state index in [4.69, 9.17) is 0 Å². The first kappa shape index (κ1) is 10.5. The maximum Gasteiger partial charge on any atom is 0.0858 e. The zero-order chi connectivity index (χ0) is 9.07. The van der Waals surface area contributed by atoms with Crippen LogP contribution < -0.4 is 0 Å². The van der Waals surface area contributed by atoms with Crippen molar-refractivity contribution < 1.29 is 4.74 Å². The summed E-state index contributed by atoms with van der Waals surface area (Å²) in [5.41, 5.74) is 0. The number of hydrogen-bond acceptors (Lipinski definition) is 1. The first-order valence-electron chi connectivity index (χ1n) is 3.79. The molecule has 12 heavy (non-hydrogen) atoms. The molecular weight excluding hydrogens is 148 g/mol. The average Bonchev–Trinajstić information content (AvgIpc) is 2.18. The van der Waals surface area contributed by atoms with Crippen LogP contribution >= 0.6 is 0 Å². The molecule has 0 heterocycles. The summed E-state index contributed by atoms with van der Waals surface area (Å²) in [6, 6.07) is 12.0. The Morgan fingerprint density at radius 2 is 1.42 bits per heavy atom. The van der Waals surface area contributed by atoms with Crippen LogP contribution in [0, 0.1) is 0 Å². The van der Waals surface area contributed by atoms with E-state index >= 15 is 0 Å². The van der Waals surface area contributed by atoms with Crippen LogP contribution in [0.2, 0.25) is 0 Å². The minimum atomic E-state index is 1.38. The van der Waals surface area contributed by atoms with Crippen molar-refractivity contribution in [3.8, 4) is 0 Å². The fourth-order valence-corrected chi connectivity index (χ4v) is 0.519. The first-order valence-corrected chi connectivity index (χ1v) is 3.79. The minimum absolute atomic E-state index is 1.38. The van der Waals surface area contributed by atoms with Gasteiger partial charge in [-0.2, -0.15) is 0 Å². The van der Waals surface area contributed by atoms with Crippen LogP contribution in [-0.2, 0) is 4.74 Å². The van der Waals surface area contributed by atoms with Crippen LogP contribution in [0.3, 0.4) is 0 Å². The van der Waals surface area contributed by atoms with Gasteiger partial charge < -0.3 is 4.74 Å². The third-order valence-corrected chi connectivity index (χ3v) is 0.978. The molecule has 0 fully saturated rings. The zero-order valence-corrected chi connectivity index (χ0v) is 7.31. The molecule has 0 aromatic heterocycles. The van der Waals surface area contributed by atoms with Crippen molar-refractivity contribution in [2.75, 3.05) is 0 Å². The molecule has 1 rings (SSSR count). The van der Waals surface area contributed by atoms with Crippen LogP contribution in [0.25, 0.3) is 0 Å². The van der Waals surface area contributed by atoms with Crippen molar-refractivity contribution in [1.82, 2.24) is 0 Å². The monoisotopic (exact) mass is 162 g/mol.